The molecule has 0 unspecified atom stereocenters. The van der Waals surface area contributed by atoms with Crippen molar-refractivity contribution in [2.75, 3.05) is 0 Å². The lowest BCUT2D eigenvalue weighted by Gasteiger charge is -2.32. The fraction of sp³-hybridized carbons (Fsp3) is 0.778. The van der Waals surface area contributed by atoms with E-state index in [4.69, 9.17) is 0 Å². The summed E-state index contributed by atoms with van der Waals surface area (Å²) in [7, 11) is 0. The molecule has 20 heavy (non-hydrogen) atoms. The maximum atomic E-state index is 11.2. The number of hydrogen-bond acceptors (Lipinski definition) is 2. The molecule has 0 N–H and O–H groups in total. The minimum absolute atomic E-state index is 0.300. The smallest absolute Gasteiger partial charge is 0.155 e. The third-order valence-electron chi connectivity index (χ3n) is 4.40. The first-order chi connectivity index (χ1) is 9.45. The van der Waals surface area contributed by atoms with Crippen molar-refractivity contribution in [1.29, 1.82) is 0 Å². The summed E-state index contributed by atoms with van der Waals surface area (Å²) in [5.41, 5.74) is 1.59. The lowest BCUT2D eigenvalue weighted by molar-refractivity contribution is -0.123. The van der Waals surface area contributed by atoms with Crippen LogP contribution < -0.4 is 0 Å². The van der Waals surface area contributed by atoms with Crippen LogP contribution in [0.25, 0.3) is 0 Å². The largest absolute Gasteiger partial charge is 0.300 e. The van der Waals surface area contributed by atoms with Gasteiger partial charge < -0.3 is 0 Å². The summed E-state index contributed by atoms with van der Waals surface area (Å²) < 4.78 is 0. The Morgan fingerprint density at radius 3 is 2.40 bits per heavy atom. The summed E-state index contributed by atoms with van der Waals surface area (Å²) in [5, 5.41) is 0. The van der Waals surface area contributed by atoms with Crippen LogP contribution in [-0.4, -0.2) is 11.6 Å². The van der Waals surface area contributed by atoms with Crippen LogP contribution in [0.3, 0.4) is 0 Å². The SMILES string of the molecule is CC1=CC(=O)CCC1.CCCC[C@]1(C)CCCC(=O)C1. The average molecular weight is 278 g/mol. The van der Waals surface area contributed by atoms with Crippen LogP contribution in [0.2, 0.25) is 0 Å². The molecule has 1 fully saturated rings. The molecule has 0 heterocycles. The molecule has 0 bridgehead atoms. The van der Waals surface area contributed by atoms with Gasteiger partial charge in [0, 0.05) is 19.3 Å². The van der Waals surface area contributed by atoms with Crippen LogP contribution in [0.1, 0.15) is 85.0 Å². The summed E-state index contributed by atoms with van der Waals surface area (Å²) in [6.45, 7) is 6.50. The van der Waals surface area contributed by atoms with E-state index in [1.807, 2.05) is 6.92 Å². The molecule has 2 aliphatic carbocycles. The predicted octanol–water partition coefficient (Wildman–Crippen LogP) is 5.01. The number of allylic oxidation sites excluding steroid dienone is 2. The summed E-state index contributed by atoms with van der Waals surface area (Å²) in [6, 6.07) is 0. The van der Waals surface area contributed by atoms with Gasteiger partial charge in [-0.3, -0.25) is 9.59 Å². The topological polar surface area (TPSA) is 34.1 Å². The molecule has 0 aliphatic heterocycles. The molecule has 1 saturated carbocycles. The Morgan fingerprint density at radius 2 is 1.90 bits per heavy atom. The number of hydrogen-bond donors (Lipinski definition) is 0. The van der Waals surface area contributed by atoms with Gasteiger partial charge in [0.1, 0.15) is 5.78 Å². The summed E-state index contributed by atoms with van der Waals surface area (Å²) >= 11 is 0. The van der Waals surface area contributed by atoms with E-state index in [2.05, 4.69) is 13.8 Å². The van der Waals surface area contributed by atoms with E-state index in [-0.39, 0.29) is 0 Å². The molecule has 2 rings (SSSR count). The van der Waals surface area contributed by atoms with Gasteiger partial charge in [-0.1, -0.05) is 32.3 Å². The highest BCUT2D eigenvalue weighted by molar-refractivity contribution is 5.90. The maximum Gasteiger partial charge on any atom is 0.155 e. The molecule has 0 aromatic rings. The quantitative estimate of drug-likeness (QED) is 0.727. The molecule has 0 amide bonds. The van der Waals surface area contributed by atoms with Crippen molar-refractivity contribution in [1.82, 2.24) is 0 Å². The Hall–Kier alpha value is -0.920. The fourth-order valence-corrected chi connectivity index (χ4v) is 3.14. The van der Waals surface area contributed by atoms with Crippen molar-refractivity contribution in [2.24, 2.45) is 5.41 Å². The van der Waals surface area contributed by atoms with E-state index in [9.17, 15) is 9.59 Å². The third-order valence-corrected chi connectivity index (χ3v) is 4.40. The number of ketones is 2. The molecular weight excluding hydrogens is 248 g/mol. The minimum atomic E-state index is 0.300. The highest BCUT2D eigenvalue weighted by atomic mass is 16.1. The molecule has 1 atom stereocenters. The average Bonchev–Trinajstić information content (AvgIpc) is 2.37. The van der Waals surface area contributed by atoms with Crippen LogP contribution in [0.15, 0.2) is 11.6 Å². The van der Waals surface area contributed by atoms with Crippen LogP contribution in [0.4, 0.5) is 0 Å². The van der Waals surface area contributed by atoms with Crippen LogP contribution in [0, 0.1) is 5.41 Å². The van der Waals surface area contributed by atoms with Gasteiger partial charge in [0.05, 0.1) is 0 Å². The Balaban J connectivity index is 0.000000217. The lowest BCUT2D eigenvalue weighted by atomic mass is 9.72. The Morgan fingerprint density at radius 1 is 1.15 bits per heavy atom. The van der Waals surface area contributed by atoms with E-state index < -0.39 is 0 Å². The van der Waals surface area contributed by atoms with Gasteiger partial charge >= 0.3 is 0 Å². The highest BCUT2D eigenvalue weighted by Gasteiger charge is 2.29. The Bertz CT molecular complexity index is 368. The van der Waals surface area contributed by atoms with Gasteiger partial charge in [-0.15, -0.1) is 0 Å². The molecular formula is C18H30O2. The Kier molecular flexibility index (Phi) is 7.18. The summed E-state index contributed by atoms with van der Waals surface area (Å²) in [5.74, 6) is 0.786. The molecule has 2 heteroatoms. The predicted molar refractivity (Wildman–Crippen MR) is 83.7 cm³/mol. The first kappa shape index (κ1) is 17.1. The van der Waals surface area contributed by atoms with Gasteiger partial charge in [0.25, 0.3) is 0 Å². The number of rotatable bonds is 3. The monoisotopic (exact) mass is 278 g/mol. The number of Topliss-reactive ketones (excluding diaryl/α,β-unsaturated/α-hetero) is 1. The molecule has 0 saturated heterocycles. The van der Waals surface area contributed by atoms with Gasteiger partial charge in [-0.05, 0) is 50.5 Å². The highest BCUT2D eigenvalue weighted by Crippen LogP contribution is 2.38. The molecule has 0 radical (unpaired) electrons. The Labute approximate surface area is 124 Å². The van der Waals surface area contributed by atoms with Gasteiger partial charge in [0.2, 0.25) is 0 Å². The fourth-order valence-electron chi connectivity index (χ4n) is 3.14. The van der Waals surface area contributed by atoms with Crippen molar-refractivity contribution in [3.05, 3.63) is 11.6 Å². The van der Waals surface area contributed by atoms with Gasteiger partial charge in [-0.25, -0.2) is 0 Å². The van der Waals surface area contributed by atoms with E-state index in [0.717, 1.165) is 38.5 Å². The van der Waals surface area contributed by atoms with Crippen LogP contribution in [0.5, 0.6) is 0 Å². The first-order valence-corrected chi connectivity index (χ1v) is 8.17. The zero-order valence-corrected chi connectivity index (χ0v) is 13.5. The molecule has 2 aliphatic rings. The van der Waals surface area contributed by atoms with Gasteiger partial charge in [-0.2, -0.15) is 0 Å². The number of carbonyl (C=O) groups excluding carboxylic acids is 2. The van der Waals surface area contributed by atoms with Crippen LogP contribution in [-0.2, 0) is 9.59 Å². The van der Waals surface area contributed by atoms with E-state index in [0.29, 0.717) is 17.0 Å². The molecule has 114 valence electrons. The zero-order valence-electron chi connectivity index (χ0n) is 13.5. The standard InChI is InChI=1S/C11H20O.C7H10O/c1-3-4-7-11(2)8-5-6-10(12)9-11;1-6-3-2-4-7(8)5-6/h3-9H2,1-2H3;5H,2-4H2,1H3/t11-;/m1./s1. The summed E-state index contributed by atoms with van der Waals surface area (Å²) in [6.07, 6.45) is 12.5. The van der Waals surface area contributed by atoms with Crippen LogP contribution >= 0.6 is 0 Å². The minimum Gasteiger partial charge on any atom is -0.300 e. The van der Waals surface area contributed by atoms with Crippen molar-refractivity contribution < 1.29 is 9.59 Å². The summed E-state index contributed by atoms with van der Waals surface area (Å²) in [4.78, 5) is 21.8. The lowest BCUT2D eigenvalue weighted by Crippen LogP contribution is -2.25. The van der Waals surface area contributed by atoms with Gasteiger partial charge in [0.15, 0.2) is 5.78 Å². The van der Waals surface area contributed by atoms with Crippen molar-refractivity contribution >= 4 is 11.6 Å². The van der Waals surface area contributed by atoms with E-state index in [1.165, 1.54) is 31.3 Å². The molecule has 0 aromatic heterocycles. The maximum absolute atomic E-state index is 11.2. The number of carbonyl (C=O) groups is 2. The normalized spacial score (nSPS) is 26.6. The van der Waals surface area contributed by atoms with Crippen molar-refractivity contribution in [2.45, 2.75) is 85.0 Å². The van der Waals surface area contributed by atoms with E-state index in [1.54, 1.807) is 6.08 Å². The number of unbranched alkanes of at least 4 members (excludes halogenated alkanes) is 1. The van der Waals surface area contributed by atoms with E-state index >= 15 is 0 Å². The first-order valence-electron chi connectivity index (χ1n) is 8.17. The second-order valence-electron chi connectivity index (χ2n) is 6.79. The van der Waals surface area contributed by atoms with Crippen molar-refractivity contribution in [3.63, 3.8) is 0 Å². The molecule has 2 nitrogen and oxygen atoms in total. The molecule has 0 aromatic carbocycles. The second kappa shape index (κ2) is 8.39. The molecule has 0 spiro atoms. The second-order valence-corrected chi connectivity index (χ2v) is 6.79. The zero-order chi connectivity index (χ0) is 15.0. The van der Waals surface area contributed by atoms with Crippen molar-refractivity contribution in [3.8, 4) is 0 Å². The third kappa shape index (κ3) is 6.49.